The second-order valence-corrected chi connectivity index (χ2v) is 3.52. The lowest BCUT2D eigenvalue weighted by atomic mass is 10.0. The van der Waals surface area contributed by atoms with Gasteiger partial charge < -0.3 is 10.2 Å². The first-order valence-corrected chi connectivity index (χ1v) is 4.73. The zero-order valence-electron chi connectivity index (χ0n) is 7.28. The lowest BCUT2D eigenvalue weighted by Crippen LogP contribution is -2.06. The van der Waals surface area contributed by atoms with Crippen molar-refractivity contribution in [1.29, 1.82) is 0 Å². The molecular weight excluding hydrogens is 271 g/mol. The van der Waals surface area contributed by atoms with Crippen molar-refractivity contribution in [1.82, 2.24) is 0 Å². The Morgan fingerprint density at radius 3 is 2.27 bits per heavy atom. The number of hydrogen-bond donors (Lipinski definition) is 2. The van der Waals surface area contributed by atoms with Gasteiger partial charge in [-0.2, -0.15) is 0 Å². The highest BCUT2D eigenvalue weighted by Gasteiger charge is 2.18. The Morgan fingerprint density at radius 2 is 1.87 bits per heavy atom. The molecule has 15 heavy (non-hydrogen) atoms. The van der Waals surface area contributed by atoms with Crippen LogP contribution < -0.4 is 0 Å². The van der Waals surface area contributed by atoms with Crippen molar-refractivity contribution in [2.24, 2.45) is 0 Å². The van der Waals surface area contributed by atoms with E-state index in [0.29, 0.717) is 0 Å². The van der Waals surface area contributed by atoms with Gasteiger partial charge in [0.25, 0.3) is 0 Å². The van der Waals surface area contributed by atoms with E-state index in [0.717, 1.165) is 18.2 Å². The molecule has 2 N–H and O–H groups in total. The molecule has 1 atom stereocenters. The van der Waals surface area contributed by atoms with Gasteiger partial charge in [-0.15, -0.1) is 0 Å². The molecule has 0 saturated heterocycles. The standard InChI is InChI=1S/C9H6BrFO4/c10-7(11)5-2-1-4(8(12)13)3-6(5)9(14)15/h1-3,7H,(H,12,13)(H,14,15). The van der Waals surface area contributed by atoms with Crippen LogP contribution in [0.2, 0.25) is 0 Å². The first kappa shape index (κ1) is 11.6. The zero-order valence-corrected chi connectivity index (χ0v) is 8.86. The van der Waals surface area contributed by atoms with E-state index < -0.39 is 17.0 Å². The Balaban J connectivity index is 3.33. The molecule has 0 saturated carbocycles. The first-order valence-electron chi connectivity index (χ1n) is 3.82. The molecule has 0 radical (unpaired) electrons. The van der Waals surface area contributed by atoms with Crippen LogP contribution in [0.5, 0.6) is 0 Å². The molecule has 0 aromatic heterocycles. The maximum Gasteiger partial charge on any atom is 0.336 e. The van der Waals surface area contributed by atoms with Crippen LogP contribution in [-0.2, 0) is 0 Å². The van der Waals surface area contributed by atoms with E-state index in [9.17, 15) is 14.0 Å². The van der Waals surface area contributed by atoms with Gasteiger partial charge in [0.1, 0.15) is 0 Å². The van der Waals surface area contributed by atoms with Crippen molar-refractivity contribution in [2.45, 2.75) is 5.08 Å². The topological polar surface area (TPSA) is 74.6 Å². The van der Waals surface area contributed by atoms with Gasteiger partial charge >= 0.3 is 11.9 Å². The summed E-state index contributed by atoms with van der Waals surface area (Å²) in [6, 6.07) is 3.21. The van der Waals surface area contributed by atoms with Crippen LogP contribution in [0.3, 0.4) is 0 Å². The van der Waals surface area contributed by atoms with Crippen LogP contribution in [0.4, 0.5) is 4.39 Å². The van der Waals surface area contributed by atoms with Gasteiger partial charge in [-0.25, -0.2) is 14.0 Å². The molecule has 0 aliphatic rings. The Morgan fingerprint density at radius 1 is 1.27 bits per heavy atom. The van der Waals surface area contributed by atoms with E-state index in [2.05, 4.69) is 15.9 Å². The number of hydrogen-bond acceptors (Lipinski definition) is 2. The summed E-state index contributed by atoms with van der Waals surface area (Å²) in [5.41, 5.74) is -0.656. The molecular formula is C9H6BrFO4. The lowest BCUT2D eigenvalue weighted by molar-refractivity contribution is 0.0694. The fourth-order valence-corrected chi connectivity index (χ4v) is 1.46. The number of carboxylic acids is 2. The number of carbonyl (C=O) groups is 2. The number of aromatic carboxylic acids is 2. The normalized spacial score (nSPS) is 12.1. The molecule has 6 heteroatoms. The molecule has 1 unspecified atom stereocenters. The number of carboxylic acid groups (broad SMARTS) is 2. The van der Waals surface area contributed by atoms with Crippen molar-refractivity contribution in [3.8, 4) is 0 Å². The number of rotatable bonds is 3. The smallest absolute Gasteiger partial charge is 0.336 e. The lowest BCUT2D eigenvalue weighted by Gasteiger charge is -2.06. The number of benzene rings is 1. The van der Waals surface area contributed by atoms with Gasteiger partial charge in [-0.1, -0.05) is 6.07 Å². The zero-order chi connectivity index (χ0) is 11.6. The molecule has 4 nitrogen and oxygen atoms in total. The van der Waals surface area contributed by atoms with E-state index in [4.69, 9.17) is 10.2 Å². The van der Waals surface area contributed by atoms with Crippen LogP contribution in [0.1, 0.15) is 31.4 Å². The van der Waals surface area contributed by atoms with Gasteiger partial charge in [0.2, 0.25) is 0 Å². The molecule has 0 amide bonds. The van der Waals surface area contributed by atoms with Gasteiger partial charge in [0, 0.05) is 5.56 Å². The molecule has 80 valence electrons. The Bertz CT molecular complexity index is 417. The maximum atomic E-state index is 12.9. The van der Waals surface area contributed by atoms with Crippen molar-refractivity contribution < 1.29 is 24.2 Å². The number of halogens is 2. The molecule has 0 spiro atoms. The fraction of sp³-hybridized carbons (Fsp3) is 0.111. The molecule has 1 rings (SSSR count). The summed E-state index contributed by atoms with van der Waals surface area (Å²) in [6.45, 7) is 0. The van der Waals surface area contributed by atoms with E-state index >= 15 is 0 Å². The second-order valence-electron chi connectivity index (χ2n) is 2.71. The highest BCUT2D eigenvalue weighted by molar-refractivity contribution is 9.09. The van der Waals surface area contributed by atoms with E-state index in [1.54, 1.807) is 0 Å². The molecule has 0 heterocycles. The Kier molecular flexibility index (Phi) is 3.41. The SMILES string of the molecule is O=C(O)c1ccc(C(F)Br)c(C(=O)O)c1. The first-order chi connectivity index (χ1) is 6.93. The summed E-state index contributed by atoms with van der Waals surface area (Å²) in [6.07, 6.45) is 0. The van der Waals surface area contributed by atoms with E-state index in [1.807, 2.05) is 0 Å². The molecule has 0 bridgehead atoms. The number of alkyl halides is 2. The second kappa shape index (κ2) is 4.39. The molecule has 0 aliphatic heterocycles. The minimum atomic E-state index is -1.63. The Labute approximate surface area is 92.5 Å². The molecule has 0 fully saturated rings. The van der Waals surface area contributed by atoms with Crippen LogP contribution in [-0.4, -0.2) is 22.2 Å². The van der Waals surface area contributed by atoms with Crippen LogP contribution in [0.15, 0.2) is 18.2 Å². The van der Waals surface area contributed by atoms with Gasteiger partial charge in [-0.3, -0.25) is 0 Å². The third-order valence-corrected chi connectivity index (χ3v) is 2.26. The van der Waals surface area contributed by atoms with Gasteiger partial charge in [0.05, 0.1) is 11.1 Å². The maximum absolute atomic E-state index is 12.9. The molecule has 0 aliphatic carbocycles. The van der Waals surface area contributed by atoms with Crippen molar-refractivity contribution in [2.75, 3.05) is 0 Å². The van der Waals surface area contributed by atoms with Crippen molar-refractivity contribution >= 4 is 27.9 Å². The quantitative estimate of drug-likeness (QED) is 0.832. The fourth-order valence-electron chi connectivity index (χ4n) is 1.06. The van der Waals surface area contributed by atoms with Crippen molar-refractivity contribution in [3.63, 3.8) is 0 Å². The summed E-state index contributed by atoms with van der Waals surface area (Å²) in [7, 11) is 0. The largest absolute Gasteiger partial charge is 0.478 e. The van der Waals surface area contributed by atoms with Gasteiger partial charge in [0.15, 0.2) is 5.08 Å². The van der Waals surface area contributed by atoms with Crippen LogP contribution >= 0.6 is 15.9 Å². The monoisotopic (exact) mass is 276 g/mol. The summed E-state index contributed by atoms with van der Waals surface area (Å²) in [5.74, 6) is -2.62. The average molecular weight is 277 g/mol. The Hall–Kier alpha value is -1.43. The van der Waals surface area contributed by atoms with Crippen LogP contribution in [0.25, 0.3) is 0 Å². The predicted octanol–water partition coefficient (Wildman–Crippen LogP) is 2.45. The minimum absolute atomic E-state index is 0.104. The minimum Gasteiger partial charge on any atom is -0.478 e. The van der Waals surface area contributed by atoms with E-state index in [1.165, 1.54) is 0 Å². The summed E-state index contributed by atoms with van der Waals surface area (Å²) < 4.78 is 12.9. The summed E-state index contributed by atoms with van der Waals surface area (Å²) >= 11 is 2.59. The highest BCUT2D eigenvalue weighted by atomic mass is 79.9. The molecule has 1 aromatic rings. The average Bonchev–Trinajstić information content (AvgIpc) is 2.16. The summed E-state index contributed by atoms with van der Waals surface area (Å²) in [5, 5.41) is 15.7. The van der Waals surface area contributed by atoms with Gasteiger partial charge in [-0.05, 0) is 28.1 Å². The predicted molar refractivity (Wildman–Crippen MR) is 53.1 cm³/mol. The third-order valence-electron chi connectivity index (χ3n) is 1.77. The highest BCUT2D eigenvalue weighted by Crippen LogP contribution is 2.27. The van der Waals surface area contributed by atoms with Crippen molar-refractivity contribution in [3.05, 3.63) is 34.9 Å². The third kappa shape index (κ3) is 2.53. The molecule has 1 aromatic carbocycles. The van der Waals surface area contributed by atoms with E-state index in [-0.39, 0.29) is 16.7 Å². The summed E-state index contributed by atoms with van der Waals surface area (Å²) in [4.78, 5) is 21.3. The van der Waals surface area contributed by atoms with Crippen LogP contribution in [0, 0.1) is 0 Å².